The van der Waals surface area contributed by atoms with Crippen molar-refractivity contribution in [1.29, 1.82) is 0 Å². The molecule has 0 spiro atoms. The first-order chi connectivity index (χ1) is 12.7. The summed E-state index contributed by atoms with van der Waals surface area (Å²) in [6.07, 6.45) is 9.75. The molecule has 1 nitrogen and oxygen atoms in total. The van der Waals surface area contributed by atoms with Crippen molar-refractivity contribution >= 4 is 13.3 Å². The van der Waals surface area contributed by atoms with Gasteiger partial charge < -0.3 is 4.98 Å². The topological polar surface area (TPSA) is 12.9 Å². The van der Waals surface area contributed by atoms with Crippen molar-refractivity contribution in [3.05, 3.63) is 47.7 Å². The number of hydrogen-bond donors (Lipinski definition) is 0. The molecule has 0 atom stereocenters. The van der Waals surface area contributed by atoms with E-state index in [-0.39, 0.29) is 20.1 Å². The van der Waals surface area contributed by atoms with Crippen LogP contribution in [0.3, 0.4) is 0 Å². The summed E-state index contributed by atoms with van der Waals surface area (Å²) in [5.41, 5.74) is 3.07. The zero-order valence-electron chi connectivity index (χ0n) is 18.5. The Bertz CT molecular complexity index is 793. The number of pyridine rings is 1. The van der Waals surface area contributed by atoms with Gasteiger partial charge >= 0.3 is 0 Å². The standard InChI is InChI=1S/C22H30NSi.Ir/c1-17-10-8-9-13-20(17)21-15-19(14-18-11-6-5-7-12-18)22(16-23-21)24(2,3)4;/h8-10,15-16,18H,5-7,11-12,14H2,1-4H3;/q-1;/i1D3;. The van der Waals surface area contributed by atoms with Gasteiger partial charge in [0.25, 0.3) is 0 Å². The van der Waals surface area contributed by atoms with Crippen molar-refractivity contribution in [2.75, 3.05) is 0 Å². The minimum Gasteiger partial charge on any atom is -0.305 e. The molecule has 0 N–H and O–H groups in total. The van der Waals surface area contributed by atoms with Gasteiger partial charge in [-0.1, -0.05) is 70.2 Å². The van der Waals surface area contributed by atoms with Crippen molar-refractivity contribution in [3.63, 3.8) is 0 Å². The molecule has 1 radical (unpaired) electrons. The van der Waals surface area contributed by atoms with Gasteiger partial charge in [-0.15, -0.1) is 35.4 Å². The molecule has 3 rings (SSSR count). The number of aromatic nitrogens is 1. The van der Waals surface area contributed by atoms with Crippen LogP contribution < -0.4 is 5.19 Å². The fourth-order valence-electron chi connectivity index (χ4n) is 3.83. The predicted molar refractivity (Wildman–Crippen MR) is 107 cm³/mol. The van der Waals surface area contributed by atoms with Crippen molar-refractivity contribution in [2.45, 2.75) is 65.0 Å². The van der Waals surface area contributed by atoms with Gasteiger partial charge in [0.05, 0.1) is 8.07 Å². The minimum atomic E-state index is -2.16. The summed E-state index contributed by atoms with van der Waals surface area (Å²) in [5, 5.41) is 1.41. The van der Waals surface area contributed by atoms with Crippen LogP contribution in [0.4, 0.5) is 0 Å². The molecule has 0 saturated heterocycles. The molecule has 137 valence electrons. The van der Waals surface area contributed by atoms with E-state index in [2.05, 4.69) is 31.8 Å². The maximum atomic E-state index is 7.86. The van der Waals surface area contributed by atoms with E-state index in [9.17, 15) is 0 Å². The van der Waals surface area contributed by atoms with Crippen molar-refractivity contribution in [1.82, 2.24) is 4.98 Å². The van der Waals surface area contributed by atoms with E-state index in [0.717, 1.165) is 18.0 Å². The molecule has 1 heterocycles. The van der Waals surface area contributed by atoms with Crippen LogP contribution in [0.2, 0.25) is 19.6 Å². The first kappa shape index (κ1) is 16.4. The minimum absolute atomic E-state index is 0. The molecule has 0 bridgehead atoms. The number of aryl methyl sites for hydroxylation is 1. The summed E-state index contributed by atoms with van der Waals surface area (Å²) in [6, 6.07) is 10.5. The summed E-state index contributed by atoms with van der Waals surface area (Å²) in [6.45, 7) is 4.92. The average molecular weight is 532 g/mol. The molecule has 1 fully saturated rings. The monoisotopic (exact) mass is 532 g/mol. The molecule has 2 aromatic rings. The summed E-state index contributed by atoms with van der Waals surface area (Å²) in [4.78, 5) is 4.70. The molecule has 0 amide bonds. The zero-order chi connectivity index (χ0) is 19.7. The molecular formula is C22H30IrNSi-. The number of benzene rings is 1. The van der Waals surface area contributed by atoms with Gasteiger partial charge in [-0.2, -0.15) is 0 Å². The van der Waals surface area contributed by atoms with Gasteiger partial charge in [0.1, 0.15) is 0 Å². The smallest absolute Gasteiger partial charge is 0.0798 e. The molecule has 3 heteroatoms. The summed E-state index contributed by atoms with van der Waals surface area (Å²) < 4.78 is 23.6. The van der Waals surface area contributed by atoms with Crippen molar-refractivity contribution in [3.8, 4) is 11.3 Å². The molecule has 1 aliphatic carbocycles. The van der Waals surface area contributed by atoms with E-state index in [1.165, 1.54) is 42.9 Å². The molecule has 1 aromatic heterocycles. The van der Waals surface area contributed by atoms with Crippen LogP contribution in [-0.2, 0) is 26.5 Å². The van der Waals surface area contributed by atoms with Crippen LogP contribution in [-0.4, -0.2) is 13.1 Å². The van der Waals surface area contributed by atoms with E-state index >= 15 is 0 Å². The number of hydrogen-bond acceptors (Lipinski definition) is 1. The van der Waals surface area contributed by atoms with E-state index in [1.54, 1.807) is 18.2 Å². The van der Waals surface area contributed by atoms with E-state index < -0.39 is 14.9 Å². The van der Waals surface area contributed by atoms with Crippen LogP contribution in [0.25, 0.3) is 11.3 Å². The molecular weight excluding hydrogens is 499 g/mol. The van der Waals surface area contributed by atoms with Crippen molar-refractivity contribution < 1.29 is 24.2 Å². The van der Waals surface area contributed by atoms with Crippen LogP contribution in [0.15, 0.2) is 30.5 Å². The summed E-state index contributed by atoms with van der Waals surface area (Å²) >= 11 is 0. The van der Waals surface area contributed by atoms with E-state index in [4.69, 9.17) is 9.10 Å². The van der Waals surface area contributed by atoms with E-state index in [1.807, 2.05) is 6.20 Å². The second-order valence-corrected chi connectivity index (χ2v) is 13.2. The van der Waals surface area contributed by atoms with Gasteiger partial charge in [0.2, 0.25) is 0 Å². The number of rotatable bonds is 4. The van der Waals surface area contributed by atoms with E-state index in [0.29, 0.717) is 11.1 Å². The van der Waals surface area contributed by atoms with Crippen molar-refractivity contribution in [2.24, 2.45) is 5.92 Å². The maximum Gasteiger partial charge on any atom is 0.0798 e. The second kappa shape index (κ2) is 8.75. The molecule has 1 aromatic carbocycles. The first-order valence-corrected chi connectivity index (χ1v) is 12.7. The third kappa shape index (κ3) is 5.12. The summed E-state index contributed by atoms with van der Waals surface area (Å²) in [7, 11) is -1.52. The van der Waals surface area contributed by atoms with Gasteiger partial charge in [-0.05, 0) is 23.2 Å². The first-order valence-electron chi connectivity index (χ1n) is 10.7. The Morgan fingerprint density at radius 2 is 2.00 bits per heavy atom. The SMILES string of the molecule is [2H]C([2H])([2H])c1ccc[c-]c1-c1cc(CC2CCCCC2)c([Si](C)(C)C)cn1.[Ir]. The Labute approximate surface area is 172 Å². The van der Waals surface area contributed by atoms with Crippen LogP contribution in [0.1, 0.15) is 47.3 Å². The molecule has 1 aliphatic rings. The maximum absolute atomic E-state index is 7.86. The zero-order valence-corrected chi connectivity index (χ0v) is 18.9. The Morgan fingerprint density at radius 3 is 2.68 bits per heavy atom. The van der Waals surface area contributed by atoms with Gasteiger partial charge in [0, 0.05) is 30.4 Å². The Balaban J connectivity index is 0.00000280. The van der Waals surface area contributed by atoms with Crippen LogP contribution in [0.5, 0.6) is 0 Å². The fraction of sp³-hybridized carbons (Fsp3) is 0.500. The largest absolute Gasteiger partial charge is 0.305 e. The van der Waals surface area contributed by atoms with Gasteiger partial charge in [-0.3, -0.25) is 0 Å². The third-order valence-electron chi connectivity index (χ3n) is 5.14. The van der Waals surface area contributed by atoms with Gasteiger partial charge in [0.15, 0.2) is 0 Å². The quantitative estimate of drug-likeness (QED) is 0.374. The molecule has 25 heavy (non-hydrogen) atoms. The average Bonchev–Trinajstić information content (AvgIpc) is 2.61. The van der Waals surface area contributed by atoms with Gasteiger partial charge in [-0.25, -0.2) is 0 Å². The third-order valence-corrected chi connectivity index (χ3v) is 7.21. The molecule has 0 aliphatic heterocycles. The molecule has 0 unspecified atom stereocenters. The fourth-order valence-corrected chi connectivity index (χ4v) is 5.42. The predicted octanol–water partition coefficient (Wildman–Crippen LogP) is 5.52. The Hall–Kier alpha value is -0.764. The Kier molecular flexibility index (Phi) is 5.74. The molecule has 1 saturated carbocycles. The number of nitrogens with zero attached hydrogens (tertiary/aromatic N) is 1. The second-order valence-electron chi connectivity index (χ2n) is 8.14. The van der Waals surface area contributed by atoms with Crippen LogP contribution >= 0.6 is 0 Å². The Morgan fingerprint density at radius 1 is 1.24 bits per heavy atom. The summed E-state index contributed by atoms with van der Waals surface area (Å²) in [5.74, 6) is 0.742. The normalized spacial score (nSPS) is 18.0. The van der Waals surface area contributed by atoms with Crippen LogP contribution in [0, 0.1) is 18.8 Å².